The first kappa shape index (κ1) is 13.2. The Morgan fingerprint density at radius 2 is 1.61 bits per heavy atom. The van der Waals surface area contributed by atoms with Gasteiger partial charge in [0.05, 0.1) is 0 Å². The summed E-state index contributed by atoms with van der Waals surface area (Å²) in [6.07, 6.45) is -2.35. The van der Waals surface area contributed by atoms with Crippen LogP contribution in [0.4, 0.5) is 13.2 Å². The van der Waals surface area contributed by atoms with Crippen molar-refractivity contribution in [1.82, 2.24) is 9.80 Å². The van der Waals surface area contributed by atoms with Crippen LogP contribution in [0.25, 0.3) is 0 Å². The maximum absolute atomic E-state index is 12.4. The SMILES string of the molecule is O=C(C1CCCN1C(=O)C(F)(F)F)N1CCCC1. The summed E-state index contributed by atoms with van der Waals surface area (Å²) in [5, 5.41) is 0. The lowest BCUT2D eigenvalue weighted by Gasteiger charge is -2.28. The average Bonchev–Trinajstić information content (AvgIpc) is 2.97. The van der Waals surface area contributed by atoms with E-state index in [0.717, 1.165) is 12.8 Å². The molecule has 0 aliphatic carbocycles. The number of alkyl halides is 3. The lowest BCUT2D eigenvalue weighted by molar-refractivity contribution is -0.187. The highest BCUT2D eigenvalue weighted by Gasteiger charge is 2.48. The quantitative estimate of drug-likeness (QED) is 0.713. The van der Waals surface area contributed by atoms with Crippen LogP contribution in [0.1, 0.15) is 25.7 Å². The number of rotatable bonds is 1. The second-order valence-corrected chi connectivity index (χ2v) is 4.69. The minimum Gasteiger partial charge on any atom is -0.341 e. The Hall–Kier alpha value is -1.27. The van der Waals surface area contributed by atoms with Gasteiger partial charge in [0.2, 0.25) is 5.91 Å². The monoisotopic (exact) mass is 264 g/mol. The zero-order valence-electron chi connectivity index (χ0n) is 9.87. The van der Waals surface area contributed by atoms with Crippen molar-refractivity contribution in [2.45, 2.75) is 37.9 Å². The van der Waals surface area contributed by atoms with Crippen LogP contribution < -0.4 is 0 Å². The Kier molecular flexibility index (Phi) is 3.49. The van der Waals surface area contributed by atoms with E-state index in [1.165, 1.54) is 0 Å². The molecule has 2 amide bonds. The topological polar surface area (TPSA) is 40.6 Å². The second kappa shape index (κ2) is 4.78. The molecule has 2 aliphatic rings. The van der Waals surface area contributed by atoms with Gasteiger partial charge >= 0.3 is 12.1 Å². The molecule has 18 heavy (non-hydrogen) atoms. The molecule has 1 atom stereocenters. The fourth-order valence-corrected chi connectivity index (χ4v) is 2.58. The highest BCUT2D eigenvalue weighted by Crippen LogP contribution is 2.27. The zero-order valence-corrected chi connectivity index (χ0v) is 9.87. The molecule has 0 bridgehead atoms. The van der Waals surface area contributed by atoms with Crippen molar-refractivity contribution in [3.8, 4) is 0 Å². The number of nitrogens with zero attached hydrogens (tertiary/aromatic N) is 2. The molecule has 2 saturated heterocycles. The Morgan fingerprint density at radius 3 is 2.17 bits per heavy atom. The lowest BCUT2D eigenvalue weighted by atomic mass is 10.2. The molecule has 102 valence electrons. The average molecular weight is 264 g/mol. The van der Waals surface area contributed by atoms with Crippen molar-refractivity contribution >= 4 is 11.8 Å². The van der Waals surface area contributed by atoms with E-state index in [9.17, 15) is 22.8 Å². The maximum atomic E-state index is 12.4. The molecule has 2 aliphatic heterocycles. The summed E-state index contributed by atoms with van der Waals surface area (Å²) >= 11 is 0. The Morgan fingerprint density at radius 1 is 1.00 bits per heavy atom. The van der Waals surface area contributed by atoms with Gasteiger partial charge in [-0.3, -0.25) is 9.59 Å². The maximum Gasteiger partial charge on any atom is 0.471 e. The molecule has 0 radical (unpaired) electrons. The molecule has 0 spiro atoms. The smallest absolute Gasteiger partial charge is 0.341 e. The minimum absolute atomic E-state index is 0.0165. The van der Waals surface area contributed by atoms with Gasteiger partial charge in [-0.05, 0) is 25.7 Å². The summed E-state index contributed by atoms with van der Waals surface area (Å²) in [6, 6.07) is -0.919. The van der Waals surface area contributed by atoms with E-state index < -0.39 is 18.1 Å². The predicted octanol–water partition coefficient (Wildman–Crippen LogP) is 1.16. The van der Waals surface area contributed by atoms with Gasteiger partial charge in [-0.25, -0.2) is 0 Å². The number of halogens is 3. The zero-order chi connectivity index (χ0) is 13.3. The molecule has 0 aromatic heterocycles. The van der Waals surface area contributed by atoms with Gasteiger partial charge in [0, 0.05) is 19.6 Å². The van der Waals surface area contributed by atoms with E-state index >= 15 is 0 Å². The number of hydrogen-bond acceptors (Lipinski definition) is 2. The summed E-state index contributed by atoms with van der Waals surface area (Å²) in [5.41, 5.74) is 0. The number of carbonyl (C=O) groups excluding carboxylic acids is 2. The molecule has 1 unspecified atom stereocenters. The van der Waals surface area contributed by atoms with Crippen LogP contribution in [0, 0.1) is 0 Å². The van der Waals surface area contributed by atoms with Crippen molar-refractivity contribution in [1.29, 1.82) is 0 Å². The van der Waals surface area contributed by atoms with Crippen LogP contribution in [0.5, 0.6) is 0 Å². The van der Waals surface area contributed by atoms with Crippen LogP contribution in [0.2, 0.25) is 0 Å². The van der Waals surface area contributed by atoms with E-state index in [4.69, 9.17) is 0 Å². The van der Waals surface area contributed by atoms with Crippen LogP contribution in [-0.2, 0) is 9.59 Å². The first-order valence-electron chi connectivity index (χ1n) is 6.08. The van der Waals surface area contributed by atoms with Crippen molar-refractivity contribution in [2.75, 3.05) is 19.6 Å². The normalized spacial score (nSPS) is 24.7. The van der Waals surface area contributed by atoms with E-state index in [2.05, 4.69) is 0 Å². The van der Waals surface area contributed by atoms with Gasteiger partial charge < -0.3 is 9.80 Å². The standard InChI is InChI=1S/C11H15F3N2O2/c12-11(13,14)10(18)16-7-3-4-8(16)9(17)15-5-1-2-6-15/h8H,1-7H2. The van der Waals surface area contributed by atoms with E-state index in [1.54, 1.807) is 4.90 Å². The van der Waals surface area contributed by atoms with Gasteiger partial charge in [0.1, 0.15) is 6.04 Å². The third kappa shape index (κ3) is 2.44. The number of amides is 2. The molecule has 0 aromatic rings. The van der Waals surface area contributed by atoms with E-state index in [-0.39, 0.29) is 12.5 Å². The Labute approximate surface area is 103 Å². The molecular formula is C11H15F3N2O2. The van der Waals surface area contributed by atoms with Gasteiger partial charge in [-0.15, -0.1) is 0 Å². The highest BCUT2D eigenvalue weighted by molar-refractivity contribution is 5.90. The summed E-state index contributed by atoms with van der Waals surface area (Å²) < 4.78 is 37.2. The Balaban J connectivity index is 2.07. The first-order chi connectivity index (χ1) is 8.41. The molecule has 4 nitrogen and oxygen atoms in total. The summed E-state index contributed by atoms with van der Waals surface area (Å²) in [4.78, 5) is 25.5. The summed E-state index contributed by atoms with van der Waals surface area (Å²) in [6.45, 7) is 1.19. The van der Waals surface area contributed by atoms with Gasteiger partial charge in [0.15, 0.2) is 0 Å². The highest BCUT2D eigenvalue weighted by atomic mass is 19.4. The molecule has 2 rings (SSSR count). The van der Waals surface area contributed by atoms with Gasteiger partial charge in [-0.2, -0.15) is 13.2 Å². The van der Waals surface area contributed by atoms with Crippen molar-refractivity contribution in [2.24, 2.45) is 0 Å². The van der Waals surface area contributed by atoms with Crippen LogP contribution in [-0.4, -0.2) is 53.5 Å². The van der Waals surface area contributed by atoms with E-state index in [0.29, 0.717) is 30.8 Å². The van der Waals surface area contributed by atoms with Crippen molar-refractivity contribution in [3.63, 3.8) is 0 Å². The molecule has 2 fully saturated rings. The second-order valence-electron chi connectivity index (χ2n) is 4.69. The molecule has 0 aromatic carbocycles. The Bertz CT molecular complexity index is 351. The lowest BCUT2D eigenvalue weighted by Crippen LogP contribution is -2.50. The molecule has 2 heterocycles. The molecular weight excluding hydrogens is 249 g/mol. The number of hydrogen-bond donors (Lipinski definition) is 0. The summed E-state index contributed by atoms with van der Waals surface area (Å²) in [5.74, 6) is -2.22. The minimum atomic E-state index is -4.89. The number of likely N-dealkylation sites (tertiary alicyclic amines) is 2. The van der Waals surface area contributed by atoms with Gasteiger partial charge in [-0.1, -0.05) is 0 Å². The summed E-state index contributed by atoms with van der Waals surface area (Å²) in [7, 11) is 0. The van der Waals surface area contributed by atoms with E-state index in [1.807, 2.05) is 0 Å². The molecule has 0 N–H and O–H groups in total. The molecule has 0 saturated carbocycles. The number of carbonyl (C=O) groups is 2. The fourth-order valence-electron chi connectivity index (χ4n) is 2.58. The van der Waals surface area contributed by atoms with Crippen molar-refractivity contribution < 1.29 is 22.8 Å². The van der Waals surface area contributed by atoms with Crippen LogP contribution >= 0.6 is 0 Å². The van der Waals surface area contributed by atoms with Crippen molar-refractivity contribution in [3.05, 3.63) is 0 Å². The third-order valence-electron chi connectivity index (χ3n) is 3.46. The largest absolute Gasteiger partial charge is 0.471 e. The first-order valence-corrected chi connectivity index (χ1v) is 6.08. The fraction of sp³-hybridized carbons (Fsp3) is 0.818. The molecule has 7 heteroatoms. The van der Waals surface area contributed by atoms with Crippen LogP contribution in [0.3, 0.4) is 0 Å². The van der Waals surface area contributed by atoms with Gasteiger partial charge in [0.25, 0.3) is 0 Å². The van der Waals surface area contributed by atoms with Crippen LogP contribution in [0.15, 0.2) is 0 Å². The predicted molar refractivity (Wildman–Crippen MR) is 56.6 cm³/mol. The third-order valence-corrected chi connectivity index (χ3v) is 3.46.